The normalized spacial score (nSPS) is 11.4. The molecule has 7 heteroatoms. The molecule has 7 nitrogen and oxygen atoms in total. The molecule has 0 bridgehead atoms. The molecule has 0 unspecified atom stereocenters. The van der Waals surface area contributed by atoms with Gasteiger partial charge in [0, 0.05) is 54.4 Å². The van der Waals surface area contributed by atoms with Gasteiger partial charge in [-0.05, 0) is 83.4 Å². The van der Waals surface area contributed by atoms with E-state index in [2.05, 4.69) is 6.58 Å². The van der Waals surface area contributed by atoms with Crippen molar-refractivity contribution in [1.82, 2.24) is 0 Å². The Morgan fingerprint density at radius 3 is 1.74 bits per heavy atom. The number of ether oxygens (including phenoxy) is 2. The second kappa shape index (κ2) is 12.1. The zero-order valence-corrected chi connectivity index (χ0v) is 23.9. The summed E-state index contributed by atoms with van der Waals surface area (Å²) in [6, 6.07) is 27.1. The topological polar surface area (TPSA) is 76.2 Å². The first-order chi connectivity index (χ1) is 20.3. The summed E-state index contributed by atoms with van der Waals surface area (Å²) in [5, 5.41) is 0. The fraction of sp³-hybridized carbons (Fsp3) is 0.171. The van der Waals surface area contributed by atoms with Gasteiger partial charge in [0.25, 0.3) is 0 Å². The van der Waals surface area contributed by atoms with Gasteiger partial charge in [-0.3, -0.25) is 14.4 Å². The third-order valence-corrected chi connectivity index (χ3v) is 7.41. The van der Waals surface area contributed by atoms with Gasteiger partial charge in [0.1, 0.15) is 12.4 Å². The molecule has 0 aliphatic heterocycles. The summed E-state index contributed by atoms with van der Waals surface area (Å²) in [4.78, 5) is 40.5. The molecule has 0 spiro atoms. The van der Waals surface area contributed by atoms with Crippen molar-refractivity contribution < 1.29 is 23.9 Å². The molecule has 0 radical (unpaired) electrons. The molecular formula is C35H32N2O5. The SMILES string of the molecule is C=CC(=O)COc1ccc(N(C)c2ccc3c(c2)C(=O)c2cc(N(C)c4ccc(COC(=O)CC)cc4)ccc2-3)cc1. The second-order valence-corrected chi connectivity index (χ2v) is 10.0. The van der Waals surface area contributed by atoms with Crippen molar-refractivity contribution in [2.75, 3.05) is 30.5 Å². The molecule has 1 aliphatic rings. The van der Waals surface area contributed by atoms with Crippen molar-refractivity contribution in [2.24, 2.45) is 0 Å². The minimum absolute atomic E-state index is 0.00535. The monoisotopic (exact) mass is 560 g/mol. The summed E-state index contributed by atoms with van der Waals surface area (Å²) in [6.07, 6.45) is 1.59. The Bertz CT molecular complexity index is 1660. The molecule has 0 saturated heterocycles. The van der Waals surface area contributed by atoms with Crippen molar-refractivity contribution >= 4 is 40.3 Å². The summed E-state index contributed by atoms with van der Waals surface area (Å²) < 4.78 is 10.7. The molecule has 0 atom stereocenters. The molecule has 5 rings (SSSR count). The minimum Gasteiger partial charge on any atom is -0.485 e. The molecule has 0 saturated carbocycles. The maximum absolute atomic E-state index is 13.6. The van der Waals surface area contributed by atoms with Crippen LogP contribution in [-0.2, 0) is 20.9 Å². The van der Waals surface area contributed by atoms with Gasteiger partial charge in [-0.1, -0.05) is 37.8 Å². The van der Waals surface area contributed by atoms with Crippen LogP contribution in [0.15, 0.2) is 97.6 Å². The number of ketones is 2. The third-order valence-electron chi connectivity index (χ3n) is 7.41. The largest absolute Gasteiger partial charge is 0.485 e. The predicted octanol–water partition coefficient (Wildman–Crippen LogP) is 7.02. The Labute approximate surface area is 245 Å². The first kappa shape index (κ1) is 28.4. The van der Waals surface area contributed by atoms with E-state index < -0.39 is 0 Å². The number of hydrogen-bond acceptors (Lipinski definition) is 7. The number of nitrogens with zero attached hydrogens (tertiary/aromatic N) is 2. The molecule has 0 aromatic heterocycles. The van der Waals surface area contributed by atoms with E-state index in [0.29, 0.717) is 23.3 Å². The Morgan fingerprint density at radius 2 is 1.24 bits per heavy atom. The highest BCUT2D eigenvalue weighted by atomic mass is 16.5. The summed E-state index contributed by atoms with van der Waals surface area (Å²) in [5.74, 6) is 0.184. The van der Waals surface area contributed by atoms with Gasteiger partial charge in [-0.2, -0.15) is 0 Å². The fourth-order valence-corrected chi connectivity index (χ4v) is 4.83. The second-order valence-electron chi connectivity index (χ2n) is 10.0. The summed E-state index contributed by atoms with van der Waals surface area (Å²) in [7, 11) is 3.90. The Morgan fingerprint density at radius 1 is 0.738 bits per heavy atom. The van der Waals surface area contributed by atoms with E-state index in [0.717, 1.165) is 39.4 Å². The van der Waals surface area contributed by atoms with Crippen LogP contribution in [-0.4, -0.2) is 38.2 Å². The molecule has 4 aromatic rings. The first-order valence-corrected chi connectivity index (χ1v) is 13.7. The standard InChI is InChI=1S/C35H32N2O5/c1-5-28(38)22-41-29-15-11-25(12-16-29)37(4)27-14-18-31-30-17-13-26(19-32(30)35(40)33(31)20-27)36(3)24-9-7-23(8-10-24)21-42-34(39)6-2/h5,7-20H,1,6,21-22H2,2-4H3. The number of fused-ring (bicyclic) bond motifs is 3. The quantitative estimate of drug-likeness (QED) is 0.127. The van der Waals surface area contributed by atoms with E-state index in [4.69, 9.17) is 9.47 Å². The van der Waals surface area contributed by atoms with Crippen LogP contribution in [0.1, 0.15) is 34.8 Å². The smallest absolute Gasteiger partial charge is 0.305 e. The number of carbonyl (C=O) groups is 3. The first-order valence-electron chi connectivity index (χ1n) is 13.7. The van der Waals surface area contributed by atoms with E-state index in [-0.39, 0.29) is 30.7 Å². The third kappa shape index (κ3) is 5.81. The number of benzene rings is 4. The van der Waals surface area contributed by atoms with Gasteiger partial charge in [-0.15, -0.1) is 0 Å². The highest BCUT2D eigenvalue weighted by Crippen LogP contribution is 2.41. The average molecular weight is 561 g/mol. The van der Waals surface area contributed by atoms with Gasteiger partial charge in [0.15, 0.2) is 18.2 Å². The zero-order valence-electron chi connectivity index (χ0n) is 23.9. The predicted molar refractivity (Wildman–Crippen MR) is 165 cm³/mol. The molecule has 0 fully saturated rings. The van der Waals surface area contributed by atoms with Gasteiger partial charge >= 0.3 is 5.97 Å². The van der Waals surface area contributed by atoms with Crippen LogP contribution in [0, 0.1) is 0 Å². The number of esters is 1. The molecule has 1 aliphatic carbocycles. The molecule has 0 heterocycles. The summed E-state index contributed by atoms with van der Waals surface area (Å²) >= 11 is 0. The van der Waals surface area contributed by atoms with Gasteiger partial charge in [-0.25, -0.2) is 0 Å². The number of carbonyl (C=O) groups excluding carboxylic acids is 3. The van der Waals surface area contributed by atoms with Crippen LogP contribution in [0.2, 0.25) is 0 Å². The lowest BCUT2D eigenvalue weighted by Gasteiger charge is -2.21. The molecule has 0 amide bonds. The van der Waals surface area contributed by atoms with Crippen LogP contribution < -0.4 is 14.5 Å². The van der Waals surface area contributed by atoms with Crippen LogP contribution >= 0.6 is 0 Å². The molecule has 0 N–H and O–H groups in total. The van der Waals surface area contributed by atoms with E-state index >= 15 is 0 Å². The van der Waals surface area contributed by atoms with E-state index in [1.54, 1.807) is 6.92 Å². The Hall–Kier alpha value is -5.17. The number of hydrogen-bond donors (Lipinski definition) is 0. The molecule has 42 heavy (non-hydrogen) atoms. The summed E-state index contributed by atoms with van der Waals surface area (Å²) in [6.45, 7) is 5.42. The van der Waals surface area contributed by atoms with E-state index in [1.165, 1.54) is 6.08 Å². The number of anilines is 4. The van der Waals surface area contributed by atoms with E-state index in [9.17, 15) is 14.4 Å². The van der Waals surface area contributed by atoms with E-state index in [1.807, 2.05) is 109 Å². The fourth-order valence-electron chi connectivity index (χ4n) is 4.83. The van der Waals surface area contributed by atoms with Gasteiger partial charge in [0.05, 0.1) is 0 Å². The Balaban J connectivity index is 1.31. The highest BCUT2D eigenvalue weighted by molar-refractivity contribution is 6.22. The highest BCUT2D eigenvalue weighted by Gasteiger charge is 2.28. The van der Waals surface area contributed by atoms with Crippen LogP contribution in [0.3, 0.4) is 0 Å². The van der Waals surface area contributed by atoms with Gasteiger partial charge in [0.2, 0.25) is 0 Å². The zero-order chi connectivity index (χ0) is 29.8. The lowest BCUT2D eigenvalue weighted by Crippen LogP contribution is -2.11. The lowest BCUT2D eigenvalue weighted by atomic mass is 10.0. The van der Waals surface area contributed by atoms with Gasteiger partial charge < -0.3 is 19.3 Å². The van der Waals surface area contributed by atoms with Crippen LogP contribution in [0.25, 0.3) is 11.1 Å². The van der Waals surface area contributed by atoms with Crippen molar-refractivity contribution in [3.63, 3.8) is 0 Å². The van der Waals surface area contributed by atoms with Crippen molar-refractivity contribution in [2.45, 2.75) is 20.0 Å². The number of rotatable bonds is 11. The summed E-state index contributed by atoms with van der Waals surface area (Å²) in [5.41, 5.74) is 7.75. The Kier molecular flexibility index (Phi) is 8.20. The minimum atomic E-state index is -0.224. The lowest BCUT2D eigenvalue weighted by molar-refractivity contribution is -0.144. The van der Waals surface area contributed by atoms with Crippen molar-refractivity contribution in [1.29, 1.82) is 0 Å². The average Bonchev–Trinajstić information content (AvgIpc) is 3.32. The van der Waals surface area contributed by atoms with Crippen LogP contribution in [0.4, 0.5) is 22.7 Å². The van der Waals surface area contributed by atoms with Crippen LogP contribution in [0.5, 0.6) is 5.75 Å². The van der Waals surface area contributed by atoms with Crippen molar-refractivity contribution in [3.8, 4) is 16.9 Å². The maximum atomic E-state index is 13.6. The maximum Gasteiger partial charge on any atom is 0.305 e. The molecular weight excluding hydrogens is 528 g/mol. The van der Waals surface area contributed by atoms with Crippen molar-refractivity contribution in [3.05, 3.63) is 114 Å². The molecule has 212 valence electrons. The molecule has 4 aromatic carbocycles.